The van der Waals surface area contributed by atoms with Crippen molar-refractivity contribution >= 4 is 65.4 Å². The van der Waals surface area contributed by atoms with E-state index in [0.717, 1.165) is 13.7 Å². The zero-order valence-electron chi connectivity index (χ0n) is 59.7. The van der Waals surface area contributed by atoms with E-state index in [2.05, 4.69) is 0 Å². The Hall–Kier alpha value is -7.62. The Balaban J connectivity index is 1.24. The Labute approximate surface area is 373 Å². The zero-order chi connectivity index (χ0) is 64.4. The number of fused-ring (bicyclic) bond motifs is 9. The summed E-state index contributed by atoms with van der Waals surface area (Å²) in [7, 11) is 0. The van der Waals surface area contributed by atoms with E-state index in [-0.39, 0.29) is 16.8 Å². The van der Waals surface area contributed by atoms with Crippen LogP contribution in [0, 0.1) is 0 Å². The van der Waals surface area contributed by atoms with Gasteiger partial charge in [-0.15, -0.1) is 0 Å². The van der Waals surface area contributed by atoms with Gasteiger partial charge in [-0.2, -0.15) is 0 Å². The third kappa shape index (κ3) is 4.79. The quantitative estimate of drug-likeness (QED) is 0.166. The zero-order valence-corrected chi connectivity index (χ0v) is 28.7. The number of aromatic nitrogens is 3. The van der Waals surface area contributed by atoms with Crippen LogP contribution in [0.25, 0.3) is 105 Å². The van der Waals surface area contributed by atoms with Crippen LogP contribution in [0.2, 0.25) is 0 Å². The second kappa shape index (κ2) is 12.5. The number of benzene rings is 9. The Kier molecular flexibility index (Phi) is 3.02. The monoisotopic (exact) mass is 756 g/mol. The molecular weight excluding hydrogens is 691 g/mol. The molecular formula is C54H35N3. The van der Waals surface area contributed by atoms with Gasteiger partial charge in [0, 0.05) is 43.7 Å². The van der Waals surface area contributed by atoms with Crippen molar-refractivity contribution in [3.05, 3.63) is 212 Å². The number of rotatable bonds is 5. The Bertz CT molecular complexity index is 5190. The van der Waals surface area contributed by atoms with Gasteiger partial charge in [0.15, 0.2) is 0 Å². The Morgan fingerprint density at radius 2 is 0.737 bits per heavy atom. The fourth-order valence-corrected chi connectivity index (χ4v) is 7.20. The predicted octanol–water partition coefficient (Wildman–Crippen LogP) is 14.3. The fraction of sp³-hybridized carbons (Fsp3) is 0. The average Bonchev–Trinajstić information content (AvgIpc) is 1.57. The molecule has 3 heteroatoms. The number of nitrogens with zero attached hydrogens (tertiary/aromatic N) is 3. The summed E-state index contributed by atoms with van der Waals surface area (Å²) in [6.45, 7) is 0. The lowest BCUT2D eigenvalue weighted by molar-refractivity contribution is 1.16. The molecule has 0 N–H and O–H groups in total. The summed E-state index contributed by atoms with van der Waals surface area (Å²) in [4.78, 5) is 0. The van der Waals surface area contributed by atoms with Crippen molar-refractivity contribution in [2.75, 3.05) is 0 Å². The predicted molar refractivity (Wildman–Crippen MR) is 240 cm³/mol. The van der Waals surface area contributed by atoms with Gasteiger partial charge in [0.1, 0.15) is 0 Å². The van der Waals surface area contributed by atoms with Crippen molar-refractivity contribution in [1.82, 2.24) is 13.7 Å². The lowest BCUT2D eigenvalue weighted by Crippen LogP contribution is -1.98. The van der Waals surface area contributed by atoms with E-state index in [9.17, 15) is 16.4 Å². The molecule has 3 heterocycles. The van der Waals surface area contributed by atoms with Gasteiger partial charge in [-0.1, -0.05) is 151 Å². The summed E-state index contributed by atoms with van der Waals surface area (Å²) in [6.07, 6.45) is 0. The fourth-order valence-electron chi connectivity index (χ4n) is 7.20. The van der Waals surface area contributed by atoms with Crippen molar-refractivity contribution in [2.24, 2.45) is 0 Å². The van der Waals surface area contributed by atoms with Crippen LogP contribution in [0.5, 0.6) is 0 Å². The molecule has 0 saturated heterocycles. The molecule has 0 aliphatic carbocycles. The molecule has 0 aliphatic rings. The van der Waals surface area contributed by atoms with E-state index in [1.165, 1.54) is 24.3 Å². The van der Waals surface area contributed by atoms with Gasteiger partial charge in [-0.25, -0.2) is 0 Å². The first-order valence-corrected chi connectivity index (χ1v) is 17.1. The molecule has 0 spiro atoms. The van der Waals surface area contributed by atoms with Crippen LogP contribution in [0.3, 0.4) is 0 Å². The van der Waals surface area contributed by atoms with Crippen LogP contribution in [-0.4, -0.2) is 13.7 Å². The van der Waals surface area contributed by atoms with Crippen molar-refractivity contribution in [3.63, 3.8) is 0 Å². The third-order valence-electron chi connectivity index (χ3n) is 9.61. The maximum Gasteiger partial charge on any atom is 0.0667 e. The summed E-state index contributed by atoms with van der Waals surface area (Å²) in [6, 6.07) is -21.0. The topological polar surface area (TPSA) is 14.8 Å². The first kappa shape index (κ1) is 13.8. The van der Waals surface area contributed by atoms with E-state index in [1.54, 1.807) is 0 Å². The highest BCUT2D eigenvalue weighted by Gasteiger charge is 2.21. The molecule has 3 nitrogen and oxygen atoms in total. The standard InChI is InChI=1S/C54H35N3/c1-2-13-36(14-3-1)37-25-27-38(28-26-37)39-29-31-40(32-30-39)55-50-22-11-7-18-46(50)54-51(55)23-12-24-52(54)57-49-21-10-6-17-44(49)45-34-33-41(35-53(45)57)56-47-19-8-4-15-42(47)43-16-5-9-20-48(43)56/h1-35H/i1D,2D,3D,4D,5D,6D,7D,8D,9D,10D,11D,12D,13D,14D,15D,16D,17D,18D,19D,20D,21D,22D,23D,24D,25D,26D,27D,28D,33D,34D,35D. The summed E-state index contributed by atoms with van der Waals surface area (Å²) < 4.78 is 283. The number of para-hydroxylation sites is 4. The molecule has 0 fully saturated rings. The highest BCUT2D eigenvalue weighted by molar-refractivity contribution is 6.17. The molecule has 0 aliphatic heterocycles. The molecule has 0 radical (unpaired) electrons. The molecule has 3 aromatic heterocycles. The minimum atomic E-state index is -0.978. The minimum absolute atomic E-state index is 0.0232. The molecule has 12 aromatic rings. The lowest BCUT2D eigenvalue weighted by Gasteiger charge is -2.13. The SMILES string of the molecule is [2H]c1c([2H])c([2H])c(-c2c([2H])c([2H])c(-c3ccc(-n4c5c([2H])c([2H])c([2H])c([2H])c5c5c(-n6c7c([2H])c([2H])c([2H])c([2H])c7c7c([2H])c([2H])c(-n8c9c([2H])c([2H])c([2H])c([2H])c9c9c([2H])c([2H])c([2H])c([2H])c98)c([2H])c76)c([2H])c([2H])c([2H])c54)cc3)c([2H])c2[2H])c([2H])c1[2H]. The van der Waals surface area contributed by atoms with Crippen LogP contribution in [-0.2, 0) is 0 Å². The highest BCUT2D eigenvalue weighted by Crippen LogP contribution is 2.41. The van der Waals surface area contributed by atoms with E-state index >= 15 is 0 Å². The Morgan fingerprint density at radius 3 is 1.37 bits per heavy atom. The third-order valence-corrected chi connectivity index (χ3v) is 9.61. The van der Waals surface area contributed by atoms with E-state index < -0.39 is 275 Å². The largest absolute Gasteiger partial charge is 0.309 e. The number of hydrogen-bond acceptors (Lipinski definition) is 0. The highest BCUT2D eigenvalue weighted by atomic mass is 15.0. The van der Waals surface area contributed by atoms with Crippen molar-refractivity contribution in [3.8, 4) is 39.3 Å². The summed E-state index contributed by atoms with van der Waals surface area (Å²) in [5.74, 6) is 0. The molecule has 0 amide bonds. The van der Waals surface area contributed by atoms with Gasteiger partial charge in [0.25, 0.3) is 0 Å². The molecule has 12 rings (SSSR count). The van der Waals surface area contributed by atoms with Crippen LogP contribution in [0.1, 0.15) is 42.5 Å². The molecule has 0 atom stereocenters. The van der Waals surface area contributed by atoms with Crippen molar-refractivity contribution in [1.29, 1.82) is 0 Å². The normalized spacial score (nSPS) is 19.5. The molecule has 57 heavy (non-hydrogen) atoms. The van der Waals surface area contributed by atoms with E-state index in [1.807, 2.05) is 0 Å². The van der Waals surface area contributed by atoms with Crippen LogP contribution >= 0.6 is 0 Å². The van der Waals surface area contributed by atoms with Gasteiger partial charge < -0.3 is 13.7 Å². The first-order valence-electron chi connectivity index (χ1n) is 32.6. The maximum absolute atomic E-state index is 10.3. The second-order valence-corrected chi connectivity index (χ2v) is 12.6. The van der Waals surface area contributed by atoms with Gasteiger partial charge in [0.2, 0.25) is 0 Å². The maximum atomic E-state index is 10.3. The van der Waals surface area contributed by atoms with Gasteiger partial charge >= 0.3 is 0 Å². The molecule has 9 aromatic carbocycles. The van der Waals surface area contributed by atoms with Crippen molar-refractivity contribution < 1.29 is 42.5 Å². The second-order valence-electron chi connectivity index (χ2n) is 12.6. The van der Waals surface area contributed by atoms with E-state index in [4.69, 9.17) is 26.0 Å². The summed E-state index contributed by atoms with van der Waals surface area (Å²) >= 11 is 0. The smallest absolute Gasteiger partial charge is 0.0667 e. The van der Waals surface area contributed by atoms with Crippen LogP contribution in [0.15, 0.2) is 212 Å². The van der Waals surface area contributed by atoms with Crippen LogP contribution in [0.4, 0.5) is 0 Å². The molecule has 0 bridgehead atoms. The van der Waals surface area contributed by atoms with Gasteiger partial charge in [-0.3, -0.25) is 0 Å². The molecule has 0 saturated carbocycles. The van der Waals surface area contributed by atoms with Crippen molar-refractivity contribution in [2.45, 2.75) is 0 Å². The average molecular weight is 757 g/mol. The van der Waals surface area contributed by atoms with E-state index in [0.29, 0.717) is 0 Å². The lowest BCUT2D eigenvalue weighted by atomic mass is 10.0. The van der Waals surface area contributed by atoms with Gasteiger partial charge in [-0.05, 0) is 82.7 Å². The molecule has 266 valence electrons. The number of hydrogen-bond donors (Lipinski definition) is 0. The van der Waals surface area contributed by atoms with Gasteiger partial charge in [0.05, 0.1) is 81.3 Å². The first-order chi connectivity index (χ1) is 41.2. The van der Waals surface area contributed by atoms with Crippen LogP contribution < -0.4 is 0 Å². The summed E-state index contributed by atoms with van der Waals surface area (Å²) in [5, 5.41) is -3.09. The molecule has 0 unspecified atom stereocenters. The minimum Gasteiger partial charge on any atom is -0.309 e. The summed E-state index contributed by atoms with van der Waals surface area (Å²) in [5.41, 5.74) is -6.55. The Morgan fingerprint density at radius 1 is 0.281 bits per heavy atom.